The van der Waals surface area contributed by atoms with Gasteiger partial charge in [0.2, 0.25) is 0 Å². The Labute approximate surface area is 102 Å². The maximum Gasteiger partial charge on any atom is 0.119 e. The molecule has 2 bridgehead atoms. The Hall–Kier alpha value is -1.49. The minimum Gasteiger partial charge on any atom is -0.493 e. The summed E-state index contributed by atoms with van der Waals surface area (Å²) in [6.07, 6.45) is 5.65. The molecule has 2 aliphatic rings. The van der Waals surface area contributed by atoms with E-state index < -0.39 is 0 Å². The van der Waals surface area contributed by atoms with E-state index in [9.17, 15) is 0 Å². The van der Waals surface area contributed by atoms with E-state index in [-0.39, 0.29) is 0 Å². The lowest BCUT2D eigenvalue weighted by Crippen LogP contribution is -2.18. The van der Waals surface area contributed by atoms with Crippen LogP contribution in [0.15, 0.2) is 24.3 Å². The maximum atomic E-state index is 8.71. The van der Waals surface area contributed by atoms with Gasteiger partial charge in [-0.15, -0.1) is 0 Å². The van der Waals surface area contributed by atoms with Crippen LogP contribution in [0, 0.1) is 29.1 Å². The van der Waals surface area contributed by atoms with Crippen molar-refractivity contribution >= 4 is 0 Å². The number of rotatable bonds is 3. The highest BCUT2D eigenvalue weighted by Gasteiger charge is 2.39. The summed E-state index contributed by atoms with van der Waals surface area (Å²) < 4.78 is 5.83. The van der Waals surface area contributed by atoms with Crippen molar-refractivity contribution in [2.45, 2.75) is 25.7 Å². The zero-order valence-corrected chi connectivity index (χ0v) is 9.93. The summed E-state index contributed by atoms with van der Waals surface area (Å²) in [5, 5.41) is 8.71. The summed E-state index contributed by atoms with van der Waals surface area (Å²) in [7, 11) is 0. The predicted molar refractivity (Wildman–Crippen MR) is 65.6 cm³/mol. The lowest BCUT2D eigenvalue weighted by Gasteiger charge is -2.21. The second-order valence-corrected chi connectivity index (χ2v) is 5.38. The number of nitrogens with zero attached hydrogens (tertiary/aromatic N) is 1. The molecule has 0 aromatic heterocycles. The van der Waals surface area contributed by atoms with Crippen LogP contribution in [-0.2, 0) is 0 Å². The van der Waals surface area contributed by atoms with Crippen molar-refractivity contribution in [3.05, 3.63) is 29.8 Å². The lowest BCUT2D eigenvalue weighted by atomic mass is 9.89. The maximum absolute atomic E-state index is 8.71. The minimum atomic E-state index is 0.692. The highest BCUT2D eigenvalue weighted by Crippen LogP contribution is 2.48. The number of benzene rings is 1. The van der Waals surface area contributed by atoms with Gasteiger partial charge in [-0.3, -0.25) is 0 Å². The topological polar surface area (TPSA) is 33.0 Å². The van der Waals surface area contributed by atoms with Gasteiger partial charge >= 0.3 is 0 Å². The lowest BCUT2D eigenvalue weighted by molar-refractivity contribution is 0.195. The Balaban J connectivity index is 1.55. The van der Waals surface area contributed by atoms with Crippen LogP contribution < -0.4 is 4.74 Å². The van der Waals surface area contributed by atoms with Crippen molar-refractivity contribution in [1.82, 2.24) is 0 Å². The average molecular weight is 227 g/mol. The van der Waals surface area contributed by atoms with Crippen molar-refractivity contribution in [2.24, 2.45) is 17.8 Å². The van der Waals surface area contributed by atoms with Gasteiger partial charge in [0.15, 0.2) is 0 Å². The predicted octanol–water partition coefficient (Wildman–Crippen LogP) is 3.37. The largest absolute Gasteiger partial charge is 0.493 e. The Morgan fingerprint density at radius 1 is 1.18 bits per heavy atom. The quantitative estimate of drug-likeness (QED) is 0.793. The molecule has 2 saturated carbocycles. The molecular formula is C15H17NO. The van der Waals surface area contributed by atoms with E-state index in [0.717, 1.165) is 30.1 Å². The molecule has 2 nitrogen and oxygen atoms in total. The summed E-state index contributed by atoms with van der Waals surface area (Å²) in [6.45, 7) is 0.854. The van der Waals surface area contributed by atoms with Gasteiger partial charge in [0.25, 0.3) is 0 Å². The van der Waals surface area contributed by atoms with Crippen LogP contribution in [0.4, 0.5) is 0 Å². The minimum absolute atomic E-state index is 0.692. The molecule has 3 unspecified atom stereocenters. The molecule has 0 N–H and O–H groups in total. The van der Waals surface area contributed by atoms with E-state index >= 15 is 0 Å². The number of hydrogen-bond acceptors (Lipinski definition) is 2. The molecule has 2 heteroatoms. The second-order valence-electron chi connectivity index (χ2n) is 5.38. The van der Waals surface area contributed by atoms with E-state index in [0.29, 0.717) is 5.56 Å². The third kappa shape index (κ3) is 2.15. The molecule has 2 aliphatic carbocycles. The van der Waals surface area contributed by atoms with Crippen LogP contribution in [0.1, 0.15) is 31.2 Å². The van der Waals surface area contributed by atoms with Crippen molar-refractivity contribution in [3.8, 4) is 11.8 Å². The first kappa shape index (κ1) is 10.7. The fourth-order valence-electron chi connectivity index (χ4n) is 3.41. The summed E-state index contributed by atoms with van der Waals surface area (Å²) in [5.41, 5.74) is 0.692. The Bertz CT molecular complexity index is 431. The molecule has 0 spiro atoms. The number of fused-ring (bicyclic) bond motifs is 2. The molecule has 3 rings (SSSR count). The van der Waals surface area contributed by atoms with Crippen LogP contribution in [0.3, 0.4) is 0 Å². The normalized spacial score (nSPS) is 30.2. The molecule has 0 radical (unpaired) electrons. The van der Waals surface area contributed by atoms with Crippen LogP contribution in [0.25, 0.3) is 0 Å². The number of ether oxygens (including phenoxy) is 1. The second kappa shape index (κ2) is 4.41. The molecule has 2 fully saturated rings. The molecule has 88 valence electrons. The fraction of sp³-hybridized carbons (Fsp3) is 0.533. The van der Waals surface area contributed by atoms with Crippen molar-refractivity contribution in [2.75, 3.05) is 6.61 Å². The summed E-state index contributed by atoms with van der Waals surface area (Å²) in [6, 6.07) is 9.54. The van der Waals surface area contributed by atoms with E-state index in [4.69, 9.17) is 10.00 Å². The molecule has 0 heterocycles. The first-order chi connectivity index (χ1) is 8.35. The fourth-order valence-corrected chi connectivity index (χ4v) is 3.41. The van der Waals surface area contributed by atoms with E-state index in [1.54, 1.807) is 0 Å². The number of hydrogen-bond donors (Lipinski definition) is 0. The van der Waals surface area contributed by atoms with Crippen LogP contribution >= 0.6 is 0 Å². The van der Waals surface area contributed by atoms with Crippen molar-refractivity contribution < 1.29 is 4.74 Å². The molecule has 1 aromatic rings. The summed E-state index contributed by atoms with van der Waals surface area (Å²) in [4.78, 5) is 0. The zero-order chi connectivity index (χ0) is 11.7. The number of nitriles is 1. The van der Waals surface area contributed by atoms with Crippen molar-refractivity contribution in [1.29, 1.82) is 5.26 Å². The van der Waals surface area contributed by atoms with E-state index in [1.807, 2.05) is 24.3 Å². The monoisotopic (exact) mass is 227 g/mol. The Morgan fingerprint density at radius 2 is 2.00 bits per heavy atom. The third-order valence-electron chi connectivity index (χ3n) is 4.33. The zero-order valence-electron chi connectivity index (χ0n) is 9.93. The molecule has 0 saturated heterocycles. The molecule has 1 aromatic carbocycles. The van der Waals surface area contributed by atoms with Gasteiger partial charge in [-0.2, -0.15) is 5.26 Å². The van der Waals surface area contributed by atoms with E-state index in [2.05, 4.69) is 6.07 Å². The first-order valence-corrected chi connectivity index (χ1v) is 6.48. The Morgan fingerprint density at radius 3 is 2.59 bits per heavy atom. The van der Waals surface area contributed by atoms with E-state index in [1.165, 1.54) is 25.7 Å². The van der Waals surface area contributed by atoms with Crippen molar-refractivity contribution in [3.63, 3.8) is 0 Å². The third-order valence-corrected chi connectivity index (χ3v) is 4.33. The smallest absolute Gasteiger partial charge is 0.119 e. The van der Waals surface area contributed by atoms with Gasteiger partial charge in [0.05, 0.1) is 18.2 Å². The molecular weight excluding hydrogens is 210 g/mol. The van der Waals surface area contributed by atoms with Crippen LogP contribution in [0.2, 0.25) is 0 Å². The van der Waals surface area contributed by atoms with Crippen LogP contribution in [0.5, 0.6) is 5.75 Å². The SMILES string of the molecule is N#Cc1ccc(OCC2CC3CCC2C3)cc1. The standard InChI is InChI=1S/C15H17NO/c16-9-11-2-5-15(6-3-11)17-10-14-8-12-1-4-13(14)7-12/h2-3,5-6,12-14H,1,4,7-8,10H2. The Kier molecular flexibility index (Phi) is 2.76. The van der Waals surface area contributed by atoms with Gasteiger partial charge in [0.1, 0.15) is 5.75 Å². The summed E-state index contributed by atoms with van der Waals surface area (Å²) >= 11 is 0. The molecule has 0 aliphatic heterocycles. The van der Waals surface area contributed by atoms with Crippen LogP contribution in [-0.4, -0.2) is 6.61 Å². The summed E-state index contributed by atoms with van der Waals surface area (Å²) in [5.74, 6) is 3.56. The van der Waals surface area contributed by atoms with Gasteiger partial charge in [0, 0.05) is 0 Å². The van der Waals surface area contributed by atoms with Gasteiger partial charge in [-0.1, -0.05) is 6.42 Å². The van der Waals surface area contributed by atoms with Gasteiger partial charge < -0.3 is 4.74 Å². The molecule has 0 amide bonds. The first-order valence-electron chi connectivity index (χ1n) is 6.48. The molecule has 3 atom stereocenters. The average Bonchev–Trinajstić information content (AvgIpc) is 2.99. The highest BCUT2D eigenvalue weighted by molar-refractivity contribution is 5.34. The van der Waals surface area contributed by atoms with Gasteiger partial charge in [-0.25, -0.2) is 0 Å². The molecule has 17 heavy (non-hydrogen) atoms. The van der Waals surface area contributed by atoms with Gasteiger partial charge in [-0.05, 0) is 61.3 Å². The highest BCUT2D eigenvalue weighted by atomic mass is 16.5.